The number of aliphatic hydroxyl groups excluding tert-OH is 1. The van der Waals surface area contributed by atoms with Gasteiger partial charge >= 0.3 is 0 Å². The zero-order chi connectivity index (χ0) is 21.0. The van der Waals surface area contributed by atoms with Crippen LogP contribution in [0.5, 0.6) is 0 Å². The van der Waals surface area contributed by atoms with E-state index in [1.807, 2.05) is 24.3 Å². The van der Waals surface area contributed by atoms with Crippen LogP contribution >= 0.6 is 11.3 Å². The van der Waals surface area contributed by atoms with Crippen LogP contribution < -0.4 is 11.1 Å². The van der Waals surface area contributed by atoms with Gasteiger partial charge in [-0.05, 0) is 18.6 Å². The van der Waals surface area contributed by atoms with Gasteiger partial charge in [-0.25, -0.2) is 4.98 Å². The maximum Gasteiger partial charge on any atom is 0.270 e. The molecule has 2 amide bonds. The van der Waals surface area contributed by atoms with Crippen LogP contribution in [0.15, 0.2) is 24.3 Å². The Morgan fingerprint density at radius 3 is 2.72 bits per heavy atom. The molecule has 1 atom stereocenters. The van der Waals surface area contributed by atoms with Gasteiger partial charge in [0.05, 0.1) is 19.3 Å². The number of likely N-dealkylation sites (tertiary alicyclic amines) is 1. The van der Waals surface area contributed by atoms with Crippen LogP contribution in [0.2, 0.25) is 0 Å². The number of aliphatic hydroxyl groups is 1. The third-order valence-electron chi connectivity index (χ3n) is 4.51. The first-order valence-corrected chi connectivity index (χ1v) is 9.85. The van der Waals surface area contributed by atoms with Crippen LogP contribution in [0.4, 0.5) is 5.00 Å². The molecule has 2 fully saturated rings. The van der Waals surface area contributed by atoms with E-state index in [9.17, 15) is 9.59 Å². The molecule has 4 rings (SSSR count). The Morgan fingerprint density at radius 1 is 1.48 bits per heavy atom. The molecule has 0 spiro atoms. The lowest BCUT2D eigenvalue weighted by Gasteiger charge is -2.27. The second-order valence-corrected chi connectivity index (χ2v) is 7.73. The van der Waals surface area contributed by atoms with Crippen molar-refractivity contribution in [3.8, 4) is 22.9 Å². The molecular weight excluding hydrogens is 392 g/mol. The predicted octanol–water partition coefficient (Wildman–Crippen LogP) is 0.910. The van der Waals surface area contributed by atoms with E-state index in [4.69, 9.17) is 22.0 Å². The van der Waals surface area contributed by atoms with E-state index < -0.39 is 12.0 Å². The first kappa shape index (κ1) is 20.8. The normalized spacial score (nSPS) is 18.4. The summed E-state index contributed by atoms with van der Waals surface area (Å²) < 4.78 is 5.11. The number of nitrogens with zero attached hydrogens (tertiary/aromatic N) is 2. The van der Waals surface area contributed by atoms with E-state index in [1.165, 1.54) is 16.2 Å². The van der Waals surface area contributed by atoms with Gasteiger partial charge in [0.1, 0.15) is 16.1 Å². The van der Waals surface area contributed by atoms with Crippen molar-refractivity contribution in [3.63, 3.8) is 0 Å². The number of hydrogen-bond acceptors (Lipinski definition) is 7. The number of amides is 2. The molecule has 0 bridgehead atoms. The lowest BCUT2D eigenvalue weighted by Crippen LogP contribution is -2.40. The van der Waals surface area contributed by atoms with Crippen LogP contribution in [-0.4, -0.2) is 65.8 Å². The molecule has 2 aliphatic rings. The number of primary amides is 1. The second kappa shape index (κ2) is 9.05. The second-order valence-electron chi connectivity index (χ2n) is 6.73. The number of carbonyl (C=O) groups excluding carboxylic acids is 2. The fourth-order valence-electron chi connectivity index (χ4n) is 2.76. The Labute approximate surface area is 172 Å². The van der Waals surface area contributed by atoms with Gasteiger partial charge in [-0.2, -0.15) is 0 Å². The number of benzene rings is 1. The van der Waals surface area contributed by atoms with Crippen molar-refractivity contribution in [1.29, 1.82) is 0 Å². The topological polar surface area (TPSA) is 118 Å². The van der Waals surface area contributed by atoms with Crippen molar-refractivity contribution in [2.45, 2.75) is 18.6 Å². The summed E-state index contributed by atoms with van der Waals surface area (Å²) in [5.74, 6) is 1.89. The van der Waals surface area contributed by atoms with Gasteiger partial charge in [0.2, 0.25) is 0 Å². The standard InChI is InChI=1S/C15H13N3O2S.C5H9NO2/c1-2-9-4-3-5-10(6-9)14-18-12(13(16)19)15(21-14)17-11-7-20-8-11;1-6-3-2-4(7)5(6)8/h1,3-6,11,17H,7-8H2,(H2,16,19);4,7H,2-3H2,1H3. The largest absolute Gasteiger partial charge is 0.383 e. The molecular formula is C20H22N4O4S. The Bertz CT molecular complexity index is 936. The SMILES string of the molecule is C#Cc1cccc(-c2nc(C(N)=O)c(NC3COC3)s2)c1.CN1CCC(O)C1=O. The Morgan fingerprint density at radius 2 is 2.24 bits per heavy atom. The molecule has 0 saturated carbocycles. The highest BCUT2D eigenvalue weighted by atomic mass is 32.1. The zero-order valence-electron chi connectivity index (χ0n) is 15.9. The number of anilines is 1. The first-order valence-electron chi connectivity index (χ1n) is 9.04. The number of nitrogens with two attached hydrogens (primary N) is 1. The lowest BCUT2D eigenvalue weighted by molar-refractivity contribution is -0.133. The average molecular weight is 414 g/mol. The third kappa shape index (κ3) is 4.92. The van der Waals surface area contributed by atoms with Crippen molar-refractivity contribution >= 4 is 28.2 Å². The maximum atomic E-state index is 11.5. The molecule has 4 N–H and O–H groups in total. The Hall–Kier alpha value is -2.93. The average Bonchev–Trinajstić information content (AvgIpc) is 3.24. The maximum absolute atomic E-state index is 11.5. The highest BCUT2D eigenvalue weighted by molar-refractivity contribution is 7.19. The highest BCUT2D eigenvalue weighted by Crippen LogP contribution is 2.33. The molecule has 3 heterocycles. The molecule has 1 aromatic carbocycles. The van der Waals surface area contributed by atoms with Gasteiger partial charge in [-0.1, -0.05) is 29.4 Å². The Balaban J connectivity index is 0.000000252. The van der Waals surface area contributed by atoms with E-state index in [2.05, 4.69) is 16.2 Å². The summed E-state index contributed by atoms with van der Waals surface area (Å²) in [7, 11) is 1.69. The Kier molecular flexibility index (Phi) is 6.49. The monoisotopic (exact) mass is 414 g/mol. The number of thiazole rings is 1. The molecule has 0 aliphatic carbocycles. The van der Waals surface area contributed by atoms with Crippen molar-refractivity contribution in [1.82, 2.24) is 9.88 Å². The minimum atomic E-state index is -0.722. The van der Waals surface area contributed by atoms with E-state index in [-0.39, 0.29) is 17.6 Å². The van der Waals surface area contributed by atoms with Gasteiger partial charge < -0.3 is 25.8 Å². The van der Waals surface area contributed by atoms with Crippen molar-refractivity contribution in [2.24, 2.45) is 5.73 Å². The van der Waals surface area contributed by atoms with E-state index in [1.54, 1.807) is 7.05 Å². The van der Waals surface area contributed by atoms with Gasteiger partial charge in [0.25, 0.3) is 11.8 Å². The van der Waals surface area contributed by atoms with Crippen LogP contribution in [0.1, 0.15) is 22.5 Å². The molecule has 2 saturated heterocycles. The first-order chi connectivity index (χ1) is 13.9. The zero-order valence-corrected chi connectivity index (χ0v) is 16.7. The van der Waals surface area contributed by atoms with Gasteiger partial charge in [0.15, 0.2) is 5.69 Å². The fraction of sp³-hybridized carbons (Fsp3) is 0.350. The number of aromatic nitrogens is 1. The van der Waals surface area contributed by atoms with Crippen LogP contribution in [-0.2, 0) is 9.53 Å². The smallest absolute Gasteiger partial charge is 0.270 e. The van der Waals surface area contributed by atoms with Crippen molar-refractivity contribution in [2.75, 3.05) is 32.1 Å². The minimum Gasteiger partial charge on any atom is -0.383 e. The van der Waals surface area contributed by atoms with Crippen LogP contribution in [0, 0.1) is 12.3 Å². The van der Waals surface area contributed by atoms with Crippen molar-refractivity contribution < 1.29 is 19.4 Å². The summed E-state index contributed by atoms with van der Waals surface area (Å²) in [6.07, 6.45) is 5.27. The summed E-state index contributed by atoms with van der Waals surface area (Å²) >= 11 is 1.39. The number of likely N-dealkylation sites (N-methyl/N-ethyl adjacent to an activating group) is 1. The number of terminal acetylenes is 1. The summed E-state index contributed by atoms with van der Waals surface area (Å²) in [5, 5.41) is 13.4. The summed E-state index contributed by atoms with van der Waals surface area (Å²) in [6.45, 7) is 1.94. The molecule has 0 radical (unpaired) electrons. The quantitative estimate of drug-likeness (QED) is 0.640. The van der Waals surface area contributed by atoms with E-state index in [0.29, 0.717) is 36.2 Å². The number of carbonyl (C=O) groups is 2. The number of hydrogen-bond donors (Lipinski definition) is 3. The molecule has 2 aromatic rings. The summed E-state index contributed by atoms with van der Waals surface area (Å²) in [6, 6.07) is 7.67. The highest BCUT2D eigenvalue weighted by Gasteiger charge is 2.26. The van der Waals surface area contributed by atoms with E-state index in [0.717, 1.165) is 11.1 Å². The minimum absolute atomic E-state index is 0.148. The summed E-state index contributed by atoms with van der Waals surface area (Å²) in [4.78, 5) is 28.0. The van der Waals surface area contributed by atoms with E-state index >= 15 is 0 Å². The lowest BCUT2D eigenvalue weighted by atomic mass is 10.1. The van der Waals surface area contributed by atoms with Crippen LogP contribution in [0.3, 0.4) is 0 Å². The number of rotatable bonds is 4. The molecule has 2 aliphatic heterocycles. The van der Waals surface area contributed by atoms with Crippen molar-refractivity contribution in [3.05, 3.63) is 35.5 Å². The van der Waals surface area contributed by atoms with Gasteiger partial charge in [0, 0.05) is 24.7 Å². The molecule has 1 aromatic heterocycles. The number of nitrogens with one attached hydrogen (secondary N) is 1. The fourth-order valence-corrected chi connectivity index (χ4v) is 3.80. The van der Waals surface area contributed by atoms with Crippen LogP contribution in [0.25, 0.3) is 10.6 Å². The molecule has 29 heavy (non-hydrogen) atoms. The predicted molar refractivity (Wildman–Crippen MR) is 110 cm³/mol. The van der Waals surface area contributed by atoms with Gasteiger partial charge in [-0.3, -0.25) is 9.59 Å². The molecule has 8 nitrogen and oxygen atoms in total. The van der Waals surface area contributed by atoms with Gasteiger partial charge in [-0.15, -0.1) is 6.42 Å². The molecule has 1 unspecified atom stereocenters. The number of ether oxygens (including phenoxy) is 1. The summed E-state index contributed by atoms with van der Waals surface area (Å²) in [5.41, 5.74) is 7.30. The molecule has 9 heteroatoms. The molecule has 152 valence electrons. The third-order valence-corrected chi connectivity index (χ3v) is 5.54.